The van der Waals surface area contributed by atoms with Crippen molar-refractivity contribution in [3.05, 3.63) is 34.6 Å². The molecule has 2 atom stereocenters. The van der Waals surface area contributed by atoms with Crippen LogP contribution < -0.4 is 5.73 Å². The van der Waals surface area contributed by atoms with Crippen LogP contribution in [0, 0.1) is 11.7 Å². The second-order valence-corrected chi connectivity index (χ2v) is 6.04. The van der Waals surface area contributed by atoms with Crippen LogP contribution in [0.3, 0.4) is 0 Å². The summed E-state index contributed by atoms with van der Waals surface area (Å²) in [5.41, 5.74) is 6.49. The standard InChI is InChI=1S/C16H24ClFN2/c1-2-12-5-4-9-20(10-8-12)15(11-19)16-13(17)6-3-7-14(16)18/h3,6-7,12,15H,2,4-5,8-11,19H2,1H3. The molecule has 0 aliphatic carbocycles. The predicted molar refractivity (Wildman–Crippen MR) is 82.4 cm³/mol. The lowest BCUT2D eigenvalue weighted by Gasteiger charge is -2.31. The van der Waals surface area contributed by atoms with Gasteiger partial charge in [-0.25, -0.2) is 4.39 Å². The molecule has 0 radical (unpaired) electrons. The highest BCUT2D eigenvalue weighted by molar-refractivity contribution is 6.31. The molecule has 2 rings (SSSR count). The molecular formula is C16H24ClFN2. The van der Waals surface area contributed by atoms with Crippen LogP contribution in [0.4, 0.5) is 4.39 Å². The van der Waals surface area contributed by atoms with E-state index in [0.717, 1.165) is 25.4 Å². The van der Waals surface area contributed by atoms with E-state index >= 15 is 0 Å². The number of benzene rings is 1. The first kappa shape index (κ1) is 15.7. The highest BCUT2D eigenvalue weighted by Gasteiger charge is 2.26. The molecule has 112 valence electrons. The van der Waals surface area contributed by atoms with Crippen LogP contribution >= 0.6 is 11.6 Å². The van der Waals surface area contributed by atoms with Crippen LogP contribution in [0.5, 0.6) is 0 Å². The van der Waals surface area contributed by atoms with Gasteiger partial charge in [0, 0.05) is 17.1 Å². The van der Waals surface area contributed by atoms with Crippen molar-refractivity contribution in [1.82, 2.24) is 4.90 Å². The number of rotatable bonds is 4. The Labute approximate surface area is 126 Å². The van der Waals surface area contributed by atoms with E-state index in [4.69, 9.17) is 17.3 Å². The van der Waals surface area contributed by atoms with Gasteiger partial charge in [0.1, 0.15) is 5.82 Å². The SMILES string of the molecule is CCC1CCCN(C(CN)c2c(F)cccc2Cl)CC1. The monoisotopic (exact) mass is 298 g/mol. The molecule has 1 aliphatic heterocycles. The zero-order valence-corrected chi connectivity index (χ0v) is 12.9. The van der Waals surface area contributed by atoms with E-state index in [-0.39, 0.29) is 11.9 Å². The number of nitrogens with two attached hydrogens (primary N) is 1. The summed E-state index contributed by atoms with van der Waals surface area (Å²) in [5.74, 6) is 0.541. The first-order valence-corrected chi connectivity index (χ1v) is 7.93. The molecule has 1 fully saturated rings. The van der Waals surface area contributed by atoms with Gasteiger partial charge in [0.25, 0.3) is 0 Å². The number of hydrogen-bond acceptors (Lipinski definition) is 2. The lowest BCUT2D eigenvalue weighted by molar-refractivity contribution is 0.203. The maximum atomic E-state index is 14.1. The van der Waals surface area contributed by atoms with Gasteiger partial charge >= 0.3 is 0 Å². The van der Waals surface area contributed by atoms with Crippen molar-refractivity contribution >= 4 is 11.6 Å². The Hall–Kier alpha value is -0.640. The Kier molecular flexibility index (Phi) is 5.82. The van der Waals surface area contributed by atoms with Crippen molar-refractivity contribution < 1.29 is 4.39 Å². The normalized spacial score (nSPS) is 22.5. The maximum Gasteiger partial charge on any atom is 0.129 e. The van der Waals surface area contributed by atoms with Crippen molar-refractivity contribution in [3.8, 4) is 0 Å². The van der Waals surface area contributed by atoms with Gasteiger partial charge in [-0.2, -0.15) is 0 Å². The fraction of sp³-hybridized carbons (Fsp3) is 0.625. The van der Waals surface area contributed by atoms with Crippen LogP contribution in [0.15, 0.2) is 18.2 Å². The average molecular weight is 299 g/mol. The lowest BCUT2D eigenvalue weighted by Crippen LogP contribution is -2.35. The first-order chi connectivity index (χ1) is 9.67. The van der Waals surface area contributed by atoms with Crippen molar-refractivity contribution in [1.29, 1.82) is 0 Å². The summed E-state index contributed by atoms with van der Waals surface area (Å²) in [6, 6.07) is 4.75. The van der Waals surface area contributed by atoms with Crippen molar-refractivity contribution in [2.24, 2.45) is 11.7 Å². The van der Waals surface area contributed by atoms with Gasteiger partial charge in [0.15, 0.2) is 0 Å². The lowest BCUT2D eigenvalue weighted by atomic mass is 9.98. The largest absolute Gasteiger partial charge is 0.329 e. The minimum absolute atomic E-state index is 0.112. The number of likely N-dealkylation sites (tertiary alicyclic amines) is 1. The Bertz CT molecular complexity index is 418. The highest BCUT2D eigenvalue weighted by Crippen LogP contribution is 2.32. The summed E-state index contributed by atoms with van der Waals surface area (Å²) in [7, 11) is 0. The Morgan fingerprint density at radius 2 is 2.20 bits per heavy atom. The molecule has 20 heavy (non-hydrogen) atoms. The molecule has 1 saturated heterocycles. The molecule has 1 aromatic rings. The van der Waals surface area contributed by atoms with Crippen LogP contribution in [-0.2, 0) is 0 Å². The average Bonchev–Trinajstić information content (AvgIpc) is 2.68. The van der Waals surface area contributed by atoms with E-state index in [1.807, 2.05) is 0 Å². The summed E-state index contributed by atoms with van der Waals surface area (Å²) in [6.45, 7) is 4.60. The molecule has 1 heterocycles. The Morgan fingerprint density at radius 1 is 1.40 bits per heavy atom. The van der Waals surface area contributed by atoms with E-state index < -0.39 is 0 Å². The molecule has 0 amide bonds. The Balaban J connectivity index is 2.19. The third kappa shape index (κ3) is 3.51. The summed E-state index contributed by atoms with van der Waals surface area (Å²) in [5, 5.41) is 0.483. The van der Waals surface area contributed by atoms with Crippen molar-refractivity contribution in [2.45, 2.75) is 38.6 Å². The smallest absolute Gasteiger partial charge is 0.129 e. The van der Waals surface area contributed by atoms with E-state index in [9.17, 15) is 4.39 Å². The third-order valence-electron chi connectivity index (χ3n) is 4.46. The molecule has 0 spiro atoms. The Morgan fingerprint density at radius 3 is 2.85 bits per heavy atom. The van der Waals surface area contributed by atoms with Gasteiger partial charge in [-0.1, -0.05) is 31.0 Å². The molecule has 0 bridgehead atoms. The number of hydrogen-bond donors (Lipinski definition) is 1. The van der Waals surface area contributed by atoms with E-state index in [1.165, 1.54) is 25.3 Å². The minimum atomic E-state index is -0.246. The van der Waals surface area contributed by atoms with Crippen LogP contribution in [0.2, 0.25) is 5.02 Å². The number of halogens is 2. The zero-order valence-electron chi connectivity index (χ0n) is 12.1. The summed E-state index contributed by atoms with van der Waals surface area (Å²) in [4.78, 5) is 2.31. The zero-order chi connectivity index (χ0) is 14.5. The van der Waals surface area contributed by atoms with Crippen LogP contribution in [0.1, 0.15) is 44.2 Å². The second-order valence-electron chi connectivity index (χ2n) is 5.63. The molecule has 1 aliphatic rings. The van der Waals surface area contributed by atoms with E-state index in [1.54, 1.807) is 12.1 Å². The predicted octanol–water partition coefficient (Wildman–Crippen LogP) is 3.99. The number of nitrogens with zero attached hydrogens (tertiary/aromatic N) is 1. The second kappa shape index (κ2) is 7.39. The topological polar surface area (TPSA) is 29.3 Å². The van der Waals surface area contributed by atoms with Gasteiger partial charge in [-0.15, -0.1) is 0 Å². The maximum absolute atomic E-state index is 14.1. The quantitative estimate of drug-likeness (QED) is 0.910. The molecule has 0 aromatic heterocycles. The van der Waals surface area contributed by atoms with Gasteiger partial charge in [-0.3, -0.25) is 4.90 Å². The van der Waals surface area contributed by atoms with E-state index in [2.05, 4.69) is 11.8 Å². The van der Waals surface area contributed by atoms with Crippen LogP contribution in [0.25, 0.3) is 0 Å². The fourth-order valence-electron chi connectivity index (χ4n) is 3.19. The molecule has 4 heteroatoms. The van der Waals surface area contributed by atoms with Crippen LogP contribution in [-0.4, -0.2) is 24.5 Å². The molecule has 1 aromatic carbocycles. The third-order valence-corrected chi connectivity index (χ3v) is 4.79. The molecule has 2 unspecified atom stereocenters. The van der Waals surface area contributed by atoms with Gasteiger partial charge in [0.2, 0.25) is 0 Å². The molecule has 2 N–H and O–H groups in total. The van der Waals surface area contributed by atoms with Gasteiger partial charge in [-0.05, 0) is 50.4 Å². The van der Waals surface area contributed by atoms with Gasteiger partial charge in [0.05, 0.1) is 6.04 Å². The first-order valence-electron chi connectivity index (χ1n) is 7.55. The van der Waals surface area contributed by atoms with Gasteiger partial charge < -0.3 is 5.73 Å². The minimum Gasteiger partial charge on any atom is -0.329 e. The summed E-state index contributed by atoms with van der Waals surface area (Å²) < 4.78 is 14.1. The highest BCUT2D eigenvalue weighted by atomic mass is 35.5. The molecule has 2 nitrogen and oxygen atoms in total. The van der Waals surface area contributed by atoms with Crippen molar-refractivity contribution in [3.63, 3.8) is 0 Å². The molecular weight excluding hydrogens is 275 g/mol. The molecule has 0 saturated carbocycles. The summed E-state index contributed by atoms with van der Waals surface area (Å²) >= 11 is 6.20. The fourth-order valence-corrected chi connectivity index (χ4v) is 3.48. The van der Waals surface area contributed by atoms with E-state index in [0.29, 0.717) is 17.1 Å². The summed E-state index contributed by atoms with van der Waals surface area (Å²) in [6.07, 6.45) is 4.80. The van der Waals surface area contributed by atoms with Crippen molar-refractivity contribution in [2.75, 3.05) is 19.6 Å².